The second-order valence-corrected chi connectivity index (χ2v) is 9.66. The second-order valence-electron chi connectivity index (χ2n) is 5.45. The maximum absolute atomic E-state index is 3.99. The number of hydrogen-bond donors (Lipinski definition) is 2. The van der Waals surface area contributed by atoms with Crippen LogP contribution in [-0.4, -0.2) is 15.0 Å². The van der Waals surface area contributed by atoms with Gasteiger partial charge in [0, 0.05) is 0 Å². The molecular weight excluding hydrogens is 351 g/mol. The van der Waals surface area contributed by atoms with Gasteiger partial charge >= 0.3 is 129 Å². The van der Waals surface area contributed by atoms with E-state index in [1.165, 1.54) is 17.1 Å². The van der Waals surface area contributed by atoms with E-state index in [1.807, 2.05) is 22.7 Å². The Kier molecular flexibility index (Phi) is 4.65. The Morgan fingerprint density at radius 1 is 0.950 bits per heavy atom. The molecule has 20 heavy (non-hydrogen) atoms. The van der Waals surface area contributed by atoms with E-state index in [1.54, 1.807) is 9.75 Å². The van der Waals surface area contributed by atoms with Crippen LogP contribution in [0.5, 0.6) is 0 Å². The number of nitrogens with one attached hydrogen (secondary N) is 1. The van der Waals surface area contributed by atoms with Crippen LogP contribution in [0.4, 0.5) is 0 Å². The number of thiophene rings is 2. The van der Waals surface area contributed by atoms with E-state index < -0.39 is 0 Å². The molecule has 4 rings (SSSR count). The molecule has 4 unspecified atom stereocenters. The number of rotatable bonds is 2. The van der Waals surface area contributed by atoms with Crippen LogP contribution in [-0.2, 0) is 0 Å². The van der Waals surface area contributed by atoms with Crippen molar-refractivity contribution in [1.29, 1.82) is 0 Å². The molecule has 2 aromatic rings. The van der Waals surface area contributed by atoms with Crippen LogP contribution in [0.15, 0.2) is 35.0 Å². The van der Waals surface area contributed by atoms with Crippen LogP contribution in [0, 0.1) is 11.8 Å². The van der Waals surface area contributed by atoms with Crippen molar-refractivity contribution < 1.29 is 0 Å². The van der Waals surface area contributed by atoms with Crippen LogP contribution in [0.2, 0.25) is 10.6 Å². The van der Waals surface area contributed by atoms with Crippen molar-refractivity contribution in [2.45, 2.75) is 29.1 Å². The van der Waals surface area contributed by atoms with Crippen LogP contribution in [0.25, 0.3) is 0 Å². The zero-order valence-electron chi connectivity index (χ0n) is 11.3. The Morgan fingerprint density at radius 2 is 1.50 bits per heavy atom. The van der Waals surface area contributed by atoms with Gasteiger partial charge in [-0.3, -0.25) is 0 Å². The van der Waals surface area contributed by atoms with E-state index in [9.17, 15) is 0 Å². The normalized spacial score (nSPS) is 32.6. The summed E-state index contributed by atoms with van der Waals surface area (Å²) in [6, 6.07) is 10.2. The number of piperidine rings is 1. The van der Waals surface area contributed by atoms with E-state index in [0.29, 0.717) is 12.1 Å². The summed E-state index contributed by atoms with van der Waals surface area (Å²) in [5.74, 6) is 1.77. The molecule has 4 N–H and O–H groups in total. The average molecular weight is 371 g/mol. The topological polar surface area (TPSA) is 47.0 Å². The van der Waals surface area contributed by atoms with Crippen molar-refractivity contribution in [1.82, 2.24) is 11.5 Å². The molecule has 0 radical (unpaired) electrons. The predicted molar refractivity (Wildman–Crippen MR) is 89.2 cm³/mol. The fourth-order valence-corrected chi connectivity index (χ4v) is 8.08. The Labute approximate surface area is 134 Å². The molecule has 2 fully saturated rings. The van der Waals surface area contributed by atoms with Gasteiger partial charge in [0.05, 0.1) is 0 Å². The van der Waals surface area contributed by atoms with Crippen molar-refractivity contribution in [3.8, 4) is 0 Å². The van der Waals surface area contributed by atoms with Gasteiger partial charge in [0.25, 0.3) is 0 Å². The average Bonchev–Trinajstić information content (AvgIpc) is 3.12. The van der Waals surface area contributed by atoms with E-state index in [0.717, 1.165) is 26.8 Å². The minimum atomic E-state index is 0. The van der Waals surface area contributed by atoms with E-state index in [-0.39, 0.29) is 6.15 Å². The standard InChI is InChI=1S/C15H17NS2Se.H3N/c1-3-12(17-5-1)14-10-7-11(9-19-8-10)15(16-14)13-4-2-6-18-13;/h1-6,10-11,14-16H,7-9H2;1H3. The molecule has 0 amide bonds. The van der Waals surface area contributed by atoms with E-state index >= 15 is 0 Å². The predicted octanol–water partition coefficient (Wildman–Crippen LogP) is 4.53. The van der Waals surface area contributed by atoms with Crippen molar-refractivity contribution in [2.75, 3.05) is 0 Å². The maximum atomic E-state index is 3.99. The monoisotopic (exact) mass is 372 g/mol. The summed E-state index contributed by atoms with van der Waals surface area (Å²) >= 11 is 4.70. The molecule has 0 spiro atoms. The summed E-state index contributed by atoms with van der Waals surface area (Å²) in [6.45, 7) is 0. The molecule has 2 aromatic heterocycles. The first-order valence-electron chi connectivity index (χ1n) is 6.82. The van der Waals surface area contributed by atoms with Crippen molar-refractivity contribution in [3.63, 3.8) is 0 Å². The van der Waals surface area contributed by atoms with Crippen LogP contribution >= 0.6 is 22.7 Å². The van der Waals surface area contributed by atoms with E-state index in [2.05, 4.69) is 40.3 Å². The van der Waals surface area contributed by atoms with Gasteiger partial charge in [-0.15, -0.1) is 0 Å². The molecule has 108 valence electrons. The summed E-state index contributed by atoms with van der Waals surface area (Å²) in [6.07, 6.45) is 1.43. The fraction of sp³-hybridized carbons (Fsp3) is 0.467. The molecule has 2 aliphatic heterocycles. The van der Waals surface area contributed by atoms with E-state index in [4.69, 9.17) is 0 Å². The molecule has 2 saturated heterocycles. The molecule has 5 heteroatoms. The zero-order chi connectivity index (χ0) is 12.7. The summed E-state index contributed by atoms with van der Waals surface area (Å²) < 4.78 is 0. The summed E-state index contributed by atoms with van der Waals surface area (Å²) in [7, 11) is 0. The van der Waals surface area contributed by atoms with Gasteiger partial charge in [-0.05, 0) is 0 Å². The van der Waals surface area contributed by atoms with Crippen LogP contribution < -0.4 is 11.5 Å². The van der Waals surface area contributed by atoms with Crippen LogP contribution in [0.3, 0.4) is 0 Å². The zero-order valence-corrected chi connectivity index (χ0v) is 14.7. The molecule has 0 aliphatic carbocycles. The van der Waals surface area contributed by atoms with Gasteiger partial charge in [-0.25, -0.2) is 0 Å². The first-order chi connectivity index (χ1) is 9.42. The van der Waals surface area contributed by atoms with Crippen LogP contribution in [0.1, 0.15) is 28.3 Å². The third-order valence-electron chi connectivity index (χ3n) is 4.27. The SMILES string of the molecule is N.c1csc(C2NC(c3cccs3)C3C[Se]CC2C3)c1. The molecule has 0 saturated carbocycles. The molecule has 4 atom stereocenters. The molecule has 2 nitrogen and oxygen atoms in total. The second kappa shape index (κ2) is 6.30. The van der Waals surface area contributed by atoms with Gasteiger partial charge in [0.15, 0.2) is 0 Å². The first kappa shape index (κ1) is 14.8. The first-order valence-corrected chi connectivity index (χ1v) is 11.0. The summed E-state index contributed by atoms with van der Waals surface area (Å²) in [4.78, 5) is 3.09. The molecule has 0 aromatic carbocycles. The Balaban J connectivity index is 0.00000121. The van der Waals surface area contributed by atoms with Gasteiger partial charge in [-0.2, -0.15) is 0 Å². The van der Waals surface area contributed by atoms with Gasteiger partial charge < -0.3 is 6.15 Å². The fourth-order valence-electron chi connectivity index (χ4n) is 3.39. The van der Waals surface area contributed by atoms with Crippen molar-refractivity contribution >= 4 is 37.6 Å². The van der Waals surface area contributed by atoms with Crippen molar-refractivity contribution in [2.24, 2.45) is 11.8 Å². The quantitative estimate of drug-likeness (QED) is 0.762. The van der Waals surface area contributed by atoms with Gasteiger partial charge in [0.1, 0.15) is 0 Å². The minimum absolute atomic E-state index is 0. The molecule has 2 aliphatic rings. The summed E-state index contributed by atoms with van der Waals surface area (Å²) in [5.41, 5.74) is 0. The molecular formula is C15H20N2S2Se. The third-order valence-corrected chi connectivity index (χ3v) is 8.97. The summed E-state index contributed by atoms with van der Waals surface area (Å²) in [5, 5.41) is 11.4. The van der Waals surface area contributed by atoms with Gasteiger partial charge in [-0.1, -0.05) is 0 Å². The van der Waals surface area contributed by atoms with Crippen molar-refractivity contribution in [3.05, 3.63) is 44.8 Å². The molecule has 2 bridgehead atoms. The Morgan fingerprint density at radius 3 is 1.95 bits per heavy atom. The Bertz CT molecular complexity index is 480. The molecule has 4 heterocycles. The third kappa shape index (κ3) is 2.63. The van der Waals surface area contributed by atoms with Gasteiger partial charge in [0.2, 0.25) is 0 Å². The Hall–Kier alpha value is -0.161. The number of fused-ring (bicyclic) bond motifs is 2. The number of hydrogen-bond acceptors (Lipinski definition) is 4.